The Balaban J connectivity index is 1.73. The molecule has 0 spiro atoms. The van der Waals surface area contributed by atoms with E-state index in [9.17, 15) is 4.79 Å². The van der Waals surface area contributed by atoms with Gasteiger partial charge in [-0.15, -0.1) is 22.7 Å². The van der Waals surface area contributed by atoms with Crippen molar-refractivity contribution in [2.24, 2.45) is 0 Å². The van der Waals surface area contributed by atoms with Gasteiger partial charge in [0.05, 0.1) is 27.7 Å². The molecule has 0 aliphatic rings. The molecule has 3 aromatic rings. The van der Waals surface area contributed by atoms with Crippen molar-refractivity contribution >= 4 is 56.1 Å². The van der Waals surface area contributed by atoms with Crippen molar-refractivity contribution in [3.8, 4) is 9.88 Å². The number of carbonyl (C=O) groups is 1. The summed E-state index contributed by atoms with van der Waals surface area (Å²) in [6, 6.07) is 9.28. The van der Waals surface area contributed by atoms with Crippen LogP contribution in [0.25, 0.3) is 9.88 Å². The lowest BCUT2D eigenvalue weighted by Gasteiger charge is -2.06. The van der Waals surface area contributed by atoms with Crippen LogP contribution in [-0.2, 0) is 6.54 Å². The van der Waals surface area contributed by atoms with Gasteiger partial charge in [0.15, 0.2) is 0 Å². The lowest BCUT2D eigenvalue weighted by atomic mass is 10.2. The predicted octanol–water partition coefficient (Wildman–Crippen LogP) is 5.53. The highest BCUT2D eigenvalue weighted by atomic mass is 79.9. The molecule has 1 amide bonds. The predicted molar refractivity (Wildman–Crippen MR) is 100 cm³/mol. The third kappa shape index (κ3) is 3.83. The van der Waals surface area contributed by atoms with Crippen LogP contribution >= 0.6 is 50.2 Å². The molecule has 0 fully saturated rings. The van der Waals surface area contributed by atoms with Gasteiger partial charge in [0.2, 0.25) is 0 Å². The number of thiophene rings is 1. The molecule has 0 bridgehead atoms. The van der Waals surface area contributed by atoms with E-state index in [1.54, 1.807) is 40.9 Å². The average Bonchev–Trinajstić information content (AvgIpc) is 3.17. The fraction of sp³-hybridized carbons (Fsp3) is 0.125. The normalized spacial score (nSPS) is 10.7. The Labute approximate surface area is 155 Å². The molecule has 0 saturated carbocycles. The highest BCUT2D eigenvalue weighted by molar-refractivity contribution is 9.10. The molecule has 3 rings (SSSR count). The van der Waals surface area contributed by atoms with E-state index in [0.29, 0.717) is 17.1 Å². The van der Waals surface area contributed by atoms with Crippen LogP contribution in [0, 0.1) is 6.92 Å². The van der Waals surface area contributed by atoms with Gasteiger partial charge in [-0.2, -0.15) is 0 Å². The zero-order chi connectivity index (χ0) is 16.4. The van der Waals surface area contributed by atoms with Crippen molar-refractivity contribution in [3.63, 3.8) is 0 Å². The fourth-order valence-corrected chi connectivity index (χ4v) is 4.39. The maximum absolute atomic E-state index is 12.3. The standard InChI is InChI=1S/C16H12BrClN2OS2/c1-9-14(23-16(20-9)13-3-2-6-22-13)8-19-15(21)11-7-10(17)4-5-12(11)18/h2-7H,8H2,1H3,(H,19,21). The molecule has 0 aliphatic carbocycles. The molecule has 0 unspecified atom stereocenters. The Morgan fingerprint density at radius 2 is 2.22 bits per heavy atom. The van der Waals surface area contributed by atoms with Crippen molar-refractivity contribution in [3.05, 3.63) is 61.3 Å². The minimum atomic E-state index is -0.193. The number of aromatic nitrogens is 1. The van der Waals surface area contributed by atoms with Gasteiger partial charge in [-0.1, -0.05) is 33.6 Å². The molecule has 1 N–H and O–H groups in total. The summed E-state index contributed by atoms with van der Waals surface area (Å²) in [4.78, 5) is 19.1. The summed E-state index contributed by atoms with van der Waals surface area (Å²) in [7, 11) is 0. The summed E-state index contributed by atoms with van der Waals surface area (Å²) in [6.45, 7) is 2.40. The van der Waals surface area contributed by atoms with Gasteiger partial charge in [0.1, 0.15) is 5.01 Å². The van der Waals surface area contributed by atoms with Crippen molar-refractivity contribution in [2.45, 2.75) is 13.5 Å². The van der Waals surface area contributed by atoms with Gasteiger partial charge in [-0.3, -0.25) is 4.79 Å². The molecule has 0 atom stereocenters. The number of hydrogen-bond acceptors (Lipinski definition) is 4. The minimum absolute atomic E-state index is 0.193. The zero-order valence-electron chi connectivity index (χ0n) is 12.1. The highest BCUT2D eigenvalue weighted by Gasteiger charge is 2.14. The van der Waals surface area contributed by atoms with Crippen LogP contribution in [0.3, 0.4) is 0 Å². The molecule has 0 radical (unpaired) electrons. The Hall–Kier alpha value is -1.21. The number of amides is 1. The molecular formula is C16H12BrClN2OS2. The van der Waals surface area contributed by atoms with Crippen LogP contribution < -0.4 is 5.32 Å². The first-order valence-corrected chi connectivity index (χ1v) is 9.64. The smallest absolute Gasteiger partial charge is 0.253 e. The van der Waals surface area contributed by atoms with Crippen LogP contribution in [-0.4, -0.2) is 10.9 Å². The van der Waals surface area contributed by atoms with Gasteiger partial charge in [0.25, 0.3) is 5.91 Å². The molecule has 0 saturated heterocycles. The number of hydrogen-bond donors (Lipinski definition) is 1. The number of carbonyl (C=O) groups excluding carboxylic acids is 1. The monoisotopic (exact) mass is 426 g/mol. The molecule has 2 aromatic heterocycles. The molecule has 1 aromatic carbocycles. The van der Waals surface area contributed by atoms with E-state index in [0.717, 1.165) is 24.9 Å². The lowest BCUT2D eigenvalue weighted by Crippen LogP contribution is -2.23. The molecule has 7 heteroatoms. The van der Waals surface area contributed by atoms with Gasteiger partial charge in [0, 0.05) is 9.35 Å². The highest BCUT2D eigenvalue weighted by Crippen LogP contribution is 2.31. The molecular weight excluding hydrogens is 416 g/mol. The maximum atomic E-state index is 12.3. The van der Waals surface area contributed by atoms with Gasteiger partial charge < -0.3 is 5.32 Å². The molecule has 23 heavy (non-hydrogen) atoms. The van der Waals surface area contributed by atoms with Crippen LogP contribution in [0.4, 0.5) is 0 Å². The van der Waals surface area contributed by atoms with E-state index in [1.807, 2.05) is 24.4 Å². The summed E-state index contributed by atoms with van der Waals surface area (Å²) in [5, 5.41) is 6.37. The Bertz CT molecular complexity index is 846. The molecule has 2 heterocycles. The summed E-state index contributed by atoms with van der Waals surface area (Å²) in [6.07, 6.45) is 0. The van der Waals surface area contributed by atoms with E-state index in [2.05, 4.69) is 26.2 Å². The van der Waals surface area contributed by atoms with Crippen molar-refractivity contribution < 1.29 is 4.79 Å². The first-order valence-electron chi connectivity index (χ1n) is 6.78. The van der Waals surface area contributed by atoms with Crippen molar-refractivity contribution in [1.82, 2.24) is 10.3 Å². The van der Waals surface area contributed by atoms with Crippen LogP contribution in [0.5, 0.6) is 0 Å². The molecule has 3 nitrogen and oxygen atoms in total. The van der Waals surface area contributed by atoms with Gasteiger partial charge >= 0.3 is 0 Å². The van der Waals surface area contributed by atoms with Crippen molar-refractivity contribution in [1.29, 1.82) is 0 Å². The first-order chi connectivity index (χ1) is 11.0. The van der Waals surface area contributed by atoms with Crippen LogP contribution in [0.2, 0.25) is 5.02 Å². The van der Waals surface area contributed by atoms with Gasteiger partial charge in [-0.25, -0.2) is 4.98 Å². The second kappa shape index (κ2) is 7.13. The minimum Gasteiger partial charge on any atom is -0.347 e. The summed E-state index contributed by atoms with van der Waals surface area (Å²) < 4.78 is 0.820. The fourth-order valence-electron chi connectivity index (χ4n) is 2.02. The molecule has 0 aliphatic heterocycles. The summed E-state index contributed by atoms with van der Waals surface area (Å²) in [5.41, 5.74) is 1.40. The summed E-state index contributed by atoms with van der Waals surface area (Å²) in [5.74, 6) is -0.193. The topological polar surface area (TPSA) is 42.0 Å². The second-order valence-electron chi connectivity index (χ2n) is 4.81. The van der Waals surface area contributed by atoms with E-state index in [4.69, 9.17) is 11.6 Å². The lowest BCUT2D eigenvalue weighted by molar-refractivity contribution is 0.0951. The first kappa shape index (κ1) is 16.6. The number of halogens is 2. The Morgan fingerprint density at radius 1 is 1.39 bits per heavy atom. The number of thiazole rings is 1. The van der Waals surface area contributed by atoms with Crippen LogP contribution in [0.15, 0.2) is 40.2 Å². The van der Waals surface area contributed by atoms with E-state index >= 15 is 0 Å². The zero-order valence-corrected chi connectivity index (χ0v) is 16.1. The summed E-state index contributed by atoms with van der Waals surface area (Å²) >= 11 is 12.7. The largest absolute Gasteiger partial charge is 0.347 e. The van der Waals surface area contributed by atoms with E-state index < -0.39 is 0 Å². The molecule has 118 valence electrons. The number of nitrogens with one attached hydrogen (secondary N) is 1. The van der Waals surface area contributed by atoms with Gasteiger partial charge in [-0.05, 0) is 36.6 Å². The SMILES string of the molecule is Cc1nc(-c2cccs2)sc1CNC(=O)c1cc(Br)ccc1Cl. The second-order valence-corrected chi connectivity index (χ2v) is 8.17. The Kier molecular flexibility index (Phi) is 5.16. The third-order valence-corrected chi connectivity index (χ3v) is 6.23. The number of aryl methyl sites for hydroxylation is 1. The van der Waals surface area contributed by atoms with E-state index in [-0.39, 0.29) is 5.91 Å². The number of nitrogens with zero attached hydrogens (tertiary/aromatic N) is 1. The Morgan fingerprint density at radius 3 is 2.96 bits per heavy atom. The van der Waals surface area contributed by atoms with E-state index in [1.165, 1.54) is 0 Å². The van der Waals surface area contributed by atoms with Crippen molar-refractivity contribution in [2.75, 3.05) is 0 Å². The number of benzene rings is 1. The number of rotatable bonds is 4. The average molecular weight is 428 g/mol. The van der Waals surface area contributed by atoms with Crippen LogP contribution in [0.1, 0.15) is 20.9 Å². The maximum Gasteiger partial charge on any atom is 0.253 e. The quantitative estimate of drug-likeness (QED) is 0.595. The third-order valence-electron chi connectivity index (χ3n) is 3.21.